The monoisotopic (exact) mass is 253 g/mol. The zero-order chi connectivity index (χ0) is 13.5. The highest BCUT2D eigenvalue weighted by atomic mass is 19.1. The lowest BCUT2D eigenvalue weighted by Crippen LogP contribution is -2.36. The summed E-state index contributed by atoms with van der Waals surface area (Å²) in [5.74, 6) is -3.09. The quantitative estimate of drug-likeness (QED) is 0.486. The van der Waals surface area contributed by atoms with E-state index in [1.807, 2.05) is 0 Å². The number of amides is 1. The number of ether oxygens (including phenoxy) is 1. The molecule has 0 aliphatic rings. The predicted molar refractivity (Wildman–Crippen MR) is 60.4 cm³/mol. The van der Waals surface area contributed by atoms with E-state index in [-0.39, 0.29) is 18.7 Å². The number of nitrogens with one attached hydrogen (secondary N) is 1. The van der Waals surface area contributed by atoms with Crippen molar-refractivity contribution in [2.45, 2.75) is 6.92 Å². The summed E-state index contributed by atoms with van der Waals surface area (Å²) >= 11 is 0. The van der Waals surface area contributed by atoms with Gasteiger partial charge in [0.15, 0.2) is 5.78 Å². The molecule has 1 rings (SSSR count). The van der Waals surface area contributed by atoms with Crippen molar-refractivity contribution in [2.75, 3.05) is 13.2 Å². The number of ketones is 1. The second-order valence-corrected chi connectivity index (χ2v) is 3.34. The molecule has 0 heterocycles. The average Bonchev–Trinajstić information content (AvgIpc) is 2.35. The summed E-state index contributed by atoms with van der Waals surface area (Å²) in [6.07, 6.45) is 0. The van der Waals surface area contributed by atoms with Crippen LogP contribution in [0.4, 0.5) is 4.39 Å². The number of halogens is 1. The van der Waals surface area contributed by atoms with Crippen LogP contribution in [0.5, 0.6) is 0 Å². The first-order chi connectivity index (χ1) is 8.54. The van der Waals surface area contributed by atoms with Gasteiger partial charge in [-0.15, -0.1) is 0 Å². The largest absolute Gasteiger partial charge is 0.459 e. The molecular formula is C12H12FNO4. The van der Waals surface area contributed by atoms with Crippen LogP contribution in [0.3, 0.4) is 0 Å². The molecule has 18 heavy (non-hydrogen) atoms. The van der Waals surface area contributed by atoms with E-state index in [2.05, 4.69) is 10.1 Å². The third kappa shape index (κ3) is 3.97. The Kier molecular flexibility index (Phi) is 4.98. The fourth-order valence-corrected chi connectivity index (χ4v) is 1.19. The number of benzene rings is 1. The zero-order valence-electron chi connectivity index (χ0n) is 9.73. The second-order valence-electron chi connectivity index (χ2n) is 3.34. The molecule has 0 bridgehead atoms. The zero-order valence-corrected chi connectivity index (χ0v) is 9.73. The molecule has 96 valence electrons. The lowest BCUT2D eigenvalue weighted by atomic mass is 10.1. The van der Waals surface area contributed by atoms with Gasteiger partial charge in [0.2, 0.25) is 0 Å². The number of carbonyl (C=O) groups is 3. The van der Waals surface area contributed by atoms with Crippen LogP contribution >= 0.6 is 0 Å². The van der Waals surface area contributed by atoms with Crippen molar-refractivity contribution < 1.29 is 23.5 Å². The standard InChI is InChI=1S/C12H12FNO4/c1-2-18-12(17)11(16)14-7-10(15)8-4-3-5-9(13)6-8/h3-6H,2,7H2,1H3,(H,14,16). The molecule has 0 aromatic heterocycles. The van der Waals surface area contributed by atoms with Gasteiger partial charge in [-0.2, -0.15) is 0 Å². The molecule has 0 saturated heterocycles. The van der Waals surface area contributed by atoms with Crippen molar-refractivity contribution >= 4 is 17.7 Å². The number of rotatable bonds is 4. The van der Waals surface area contributed by atoms with Gasteiger partial charge in [0.1, 0.15) is 5.82 Å². The summed E-state index contributed by atoms with van der Waals surface area (Å²) in [5, 5.41) is 2.10. The van der Waals surface area contributed by atoms with Gasteiger partial charge < -0.3 is 10.1 Å². The Morgan fingerprint density at radius 3 is 2.67 bits per heavy atom. The Hall–Kier alpha value is -2.24. The van der Waals surface area contributed by atoms with E-state index in [9.17, 15) is 18.8 Å². The lowest BCUT2D eigenvalue weighted by molar-refractivity contribution is -0.154. The number of hydrogen-bond acceptors (Lipinski definition) is 4. The number of carbonyl (C=O) groups excluding carboxylic acids is 3. The van der Waals surface area contributed by atoms with Crippen molar-refractivity contribution in [2.24, 2.45) is 0 Å². The van der Waals surface area contributed by atoms with Crippen molar-refractivity contribution in [3.63, 3.8) is 0 Å². The highest BCUT2D eigenvalue weighted by molar-refractivity contribution is 6.32. The van der Waals surface area contributed by atoms with Crippen LogP contribution in [-0.2, 0) is 14.3 Å². The van der Waals surface area contributed by atoms with E-state index in [0.717, 1.165) is 6.07 Å². The molecule has 0 aliphatic heterocycles. The molecule has 0 radical (unpaired) electrons. The highest BCUT2D eigenvalue weighted by Crippen LogP contribution is 2.03. The first-order valence-electron chi connectivity index (χ1n) is 5.28. The van der Waals surface area contributed by atoms with Gasteiger partial charge >= 0.3 is 11.9 Å². The fourth-order valence-electron chi connectivity index (χ4n) is 1.19. The predicted octanol–water partition coefficient (Wildman–Crippen LogP) is 0.688. The molecule has 0 unspecified atom stereocenters. The maximum atomic E-state index is 12.8. The molecule has 1 aromatic carbocycles. The van der Waals surface area contributed by atoms with Gasteiger partial charge in [-0.3, -0.25) is 9.59 Å². The van der Waals surface area contributed by atoms with Crippen molar-refractivity contribution in [1.29, 1.82) is 0 Å². The molecule has 0 fully saturated rings. The molecule has 0 saturated carbocycles. The van der Waals surface area contributed by atoms with E-state index in [1.54, 1.807) is 6.92 Å². The van der Waals surface area contributed by atoms with Gasteiger partial charge in [-0.1, -0.05) is 12.1 Å². The number of Topliss-reactive ketones (excluding diaryl/α,β-unsaturated/α-hetero) is 1. The summed E-state index contributed by atoms with van der Waals surface area (Å²) < 4.78 is 17.3. The van der Waals surface area contributed by atoms with Crippen LogP contribution in [0.2, 0.25) is 0 Å². The SMILES string of the molecule is CCOC(=O)C(=O)NCC(=O)c1cccc(F)c1. The summed E-state index contributed by atoms with van der Waals surface area (Å²) in [5.41, 5.74) is 0.124. The van der Waals surface area contributed by atoms with Gasteiger partial charge in [0.25, 0.3) is 0 Å². The Morgan fingerprint density at radius 2 is 2.06 bits per heavy atom. The first kappa shape index (κ1) is 13.8. The third-order valence-corrected chi connectivity index (χ3v) is 2.02. The van der Waals surface area contributed by atoms with Crippen molar-refractivity contribution in [3.8, 4) is 0 Å². The molecule has 1 N–H and O–H groups in total. The van der Waals surface area contributed by atoms with Crippen LogP contribution in [-0.4, -0.2) is 30.8 Å². The molecule has 1 amide bonds. The molecule has 6 heteroatoms. The molecule has 1 aromatic rings. The van der Waals surface area contributed by atoms with Crippen LogP contribution in [0, 0.1) is 5.82 Å². The Labute approximate surface area is 103 Å². The average molecular weight is 253 g/mol. The van der Waals surface area contributed by atoms with E-state index < -0.39 is 23.5 Å². The Bertz CT molecular complexity index is 473. The smallest absolute Gasteiger partial charge is 0.396 e. The minimum absolute atomic E-state index is 0.0735. The van der Waals surface area contributed by atoms with Gasteiger partial charge in [0, 0.05) is 5.56 Å². The maximum Gasteiger partial charge on any atom is 0.396 e. The summed E-state index contributed by atoms with van der Waals surface area (Å²) in [7, 11) is 0. The van der Waals surface area contributed by atoms with E-state index in [4.69, 9.17) is 0 Å². The molecule has 0 spiro atoms. The first-order valence-corrected chi connectivity index (χ1v) is 5.28. The number of hydrogen-bond donors (Lipinski definition) is 1. The van der Waals surface area contributed by atoms with E-state index in [0.29, 0.717) is 0 Å². The van der Waals surface area contributed by atoms with Crippen LogP contribution < -0.4 is 5.32 Å². The van der Waals surface area contributed by atoms with Gasteiger partial charge in [-0.25, -0.2) is 9.18 Å². The molecule has 0 atom stereocenters. The molecule has 5 nitrogen and oxygen atoms in total. The number of esters is 1. The van der Waals surface area contributed by atoms with Crippen LogP contribution in [0.15, 0.2) is 24.3 Å². The normalized spacial score (nSPS) is 9.67. The van der Waals surface area contributed by atoms with Gasteiger partial charge in [-0.05, 0) is 19.1 Å². The van der Waals surface area contributed by atoms with Crippen molar-refractivity contribution in [1.82, 2.24) is 5.32 Å². The van der Waals surface area contributed by atoms with Gasteiger partial charge in [0.05, 0.1) is 13.2 Å². The molecule has 0 aliphatic carbocycles. The minimum Gasteiger partial charge on any atom is -0.459 e. The lowest BCUT2D eigenvalue weighted by Gasteiger charge is -2.04. The minimum atomic E-state index is -1.05. The second kappa shape index (κ2) is 6.48. The van der Waals surface area contributed by atoms with Crippen LogP contribution in [0.25, 0.3) is 0 Å². The van der Waals surface area contributed by atoms with Crippen molar-refractivity contribution in [3.05, 3.63) is 35.6 Å². The van der Waals surface area contributed by atoms with Crippen LogP contribution in [0.1, 0.15) is 17.3 Å². The fraction of sp³-hybridized carbons (Fsp3) is 0.250. The summed E-state index contributed by atoms with van der Waals surface area (Å²) in [6, 6.07) is 5.06. The Balaban J connectivity index is 2.51. The topological polar surface area (TPSA) is 72.5 Å². The highest BCUT2D eigenvalue weighted by Gasteiger charge is 2.16. The molecular weight excluding hydrogens is 241 g/mol. The third-order valence-electron chi connectivity index (χ3n) is 2.02. The Morgan fingerprint density at radius 1 is 1.33 bits per heavy atom. The van der Waals surface area contributed by atoms with E-state index >= 15 is 0 Å². The van der Waals surface area contributed by atoms with E-state index in [1.165, 1.54) is 18.2 Å². The summed E-state index contributed by atoms with van der Waals surface area (Å²) in [4.78, 5) is 33.6. The summed E-state index contributed by atoms with van der Waals surface area (Å²) in [6.45, 7) is 1.24. The maximum absolute atomic E-state index is 12.8.